The molecule has 0 unspecified atom stereocenters. The van der Waals surface area contributed by atoms with Crippen molar-refractivity contribution in [1.82, 2.24) is 0 Å². The Bertz CT molecular complexity index is 823. The van der Waals surface area contributed by atoms with Crippen LogP contribution in [-0.4, -0.2) is 26.5 Å². The van der Waals surface area contributed by atoms with Gasteiger partial charge in [-0.15, -0.1) is 0 Å². The van der Waals surface area contributed by atoms with Crippen molar-refractivity contribution in [3.05, 3.63) is 59.7 Å². The lowest BCUT2D eigenvalue weighted by molar-refractivity contribution is 0.0709. The highest BCUT2D eigenvalue weighted by atomic mass is 32.2. The lowest BCUT2D eigenvalue weighted by Crippen LogP contribution is -2.42. The van der Waals surface area contributed by atoms with Crippen molar-refractivity contribution in [2.45, 2.75) is 43.8 Å². The van der Waals surface area contributed by atoms with E-state index >= 15 is 0 Å². The van der Waals surface area contributed by atoms with Gasteiger partial charge >= 0.3 is 5.97 Å². The van der Waals surface area contributed by atoms with Gasteiger partial charge in [-0.05, 0) is 66.3 Å². The van der Waals surface area contributed by atoms with Crippen molar-refractivity contribution in [1.29, 1.82) is 0 Å². The van der Waals surface area contributed by atoms with Crippen LogP contribution in [-0.2, 0) is 4.43 Å². The molecule has 0 aliphatic carbocycles. The first kappa shape index (κ1) is 21.2. The number of benzene rings is 2. The smallest absolute Gasteiger partial charge is 0.325 e. The van der Waals surface area contributed by atoms with Crippen LogP contribution in [0.25, 0.3) is 0 Å². The summed E-state index contributed by atoms with van der Waals surface area (Å²) in [6.07, 6.45) is 0. The summed E-state index contributed by atoms with van der Waals surface area (Å²) in [4.78, 5) is 26.0. The van der Waals surface area contributed by atoms with Crippen LogP contribution in [0.4, 0.5) is 0 Å². The molecule has 2 rings (SSSR count). The molecule has 4 nitrogen and oxygen atoms in total. The molecular weight excluding hydrogens is 376 g/mol. The molecule has 0 heterocycles. The van der Waals surface area contributed by atoms with Gasteiger partial charge in [0.25, 0.3) is 8.32 Å². The number of ether oxygens (including phenoxy) is 1. The SMILES string of the molecule is COc1ccc(C(=O)Sc2ccccc2C(=O)O[Si](C)(C)C(C)(C)C)cc1. The Kier molecular flexibility index (Phi) is 6.54. The second kappa shape index (κ2) is 8.31. The fraction of sp³-hybridized carbons (Fsp3) is 0.333. The lowest BCUT2D eigenvalue weighted by Gasteiger charge is -2.35. The van der Waals surface area contributed by atoms with E-state index in [2.05, 4.69) is 20.8 Å². The largest absolute Gasteiger partial charge is 0.516 e. The summed E-state index contributed by atoms with van der Waals surface area (Å²) >= 11 is 1.03. The summed E-state index contributed by atoms with van der Waals surface area (Å²) in [6.45, 7) is 10.3. The normalized spacial score (nSPS) is 11.8. The third-order valence-electron chi connectivity index (χ3n) is 4.79. The van der Waals surface area contributed by atoms with Crippen LogP contribution in [0.3, 0.4) is 0 Å². The first-order valence-corrected chi connectivity index (χ1v) is 12.5. The Morgan fingerprint density at radius 2 is 1.56 bits per heavy atom. The monoisotopic (exact) mass is 402 g/mol. The van der Waals surface area contributed by atoms with Gasteiger partial charge in [0.15, 0.2) is 0 Å². The van der Waals surface area contributed by atoms with Gasteiger partial charge in [0, 0.05) is 10.5 Å². The lowest BCUT2D eigenvalue weighted by atomic mass is 10.2. The molecule has 0 saturated carbocycles. The predicted octanol–water partition coefficient (Wildman–Crippen LogP) is 5.79. The van der Waals surface area contributed by atoms with Crippen molar-refractivity contribution < 1.29 is 18.8 Å². The zero-order valence-corrected chi connectivity index (χ0v) is 18.5. The van der Waals surface area contributed by atoms with E-state index in [0.29, 0.717) is 21.8 Å². The molecule has 0 spiro atoms. The summed E-state index contributed by atoms with van der Waals surface area (Å²) in [6, 6.07) is 14.0. The van der Waals surface area contributed by atoms with E-state index in [0.717, 1.165) is 11.8 Å². The van der Waals surface area contributed by atoms with E-state index in [1.807, 2.05) is 19.2 Å². The Hall–Kier alpha value is -2.05. The third-order valence-corrected chi connectivity index (χ3v) is 10.1. The number of methoxy groups -OCH3 is 1. The highest BCUT2D eigenvalue weighted by Crippen LogP contribution is 2.38. The molecule has 2 aromatic rings. The Labute approximate surface area is 166 Å². The highest BCUT2D eigenvalue weighted by molar-refractivity contribution is 8.14. The van der Waals surface area contributed by atoms with E-state index in [9.17, 15) is 9.59 Å². The highest BCUT2D eigenvalue weighted by Gasteiger charge is 2.40. The van der Waals surface area contributed by atoms with E-state index in [4.69, 9.17) is 9.16 Å². The maximum absolute atomic E-state index is 12.8. The van der Waals surface area contributed by atoms with Gasteiger partial charge < -0.3 is 9.16 Å². The minimum Gasteiger partial charge on any atom is -0.516 e. The molecule has 0 N–H and O–H groups in total. The maximum Gasteiger partial charge on any atom is 0.325 e. The summed E-state index contributed by atoms with van der Waals surface area (Å²) in [5.74, 6) is 0.321. The van der Waals surface area contributed by atoms with Gasteiger partial charge in [-0.1, -0.05) is 32.9 Å². The summed E-state index contributed by atoms with van der Waals surface area (Å²) in [5, 5.41) is -0.214. The minimum atomic E-state index is -2.25. The molecule has 0 bridgehead atoms. The number of rotatable bonds is 5. The molecule has 0 aliphatic rings. The second-order valence-corrected chi connectivity index (χ2v) is 13.5. The van der Waals surface area contributed by atoms with Crippen molar-refractivity contribution in [3.8, 4) is 5.75 Å². The Morgan fingerprint density at radius 1 is 0.963 bits per heavy atom. The Balaban J connectivity index is 2.22. The van der Waals surface area contributed by atoms with Crippen molar-refractivity contribution >= 4 is 31.2 Å². The van der Waals surface area contributed by atoms with Gasteiger partial charge in [0.05, 0.1) is 12.7 Å². The van der Waals surface area contributed by atoms with E-state index in [1.165, 1.54) is 0 Å². The molecule has 0 saturated heterocycles. The summed E-state index contributed by atoms with van der Waals surface area (Å²) in [5.41, 5.74) is 0.975. The first-order chi connectivity index (χ1) is 12.5. The Morgan fingerprint density at radius 3 is 2.11 bits per heavy atom. The van der Waals surface area contributed by atoms with Crippen molar-refractivity contribution in [2.24, 2.45) is 0 Å². The second-order valence-electron chi connectivity index (χ2n) is 7.76. The van der Waals surface area contributed by atoms with Crippen LogP contribution in [0.15, 0.2) is 53.4 Å². The van der Waals surface area contributed by atoms with E-state index in [-0.39, 0.29) is 16.1 Å². The van der Waals surface area contributed by atoms with Gasteiger partial charge in [-0.25, -0.2) is 4.79 Å². The average Bonchev–Trinajstić information content (AvgIpc) is 2.60. The molecule has 0 amide bonds. The molecule has 0 aromatic heterocycles. The molecule has 2 aromatic carbocycles. The van der Waals surface area contributed by atoms with Crippen LogP contribution in [0.1, 0.15) is 41.5 Å². The first-order valence-electron chi connectivity index (χ1n) is 8.74. The van der Waals surface area contributed by atoms with Crippen LogP contribution in [0.5, 0.6) is 5.75 Å². The van der Waals surface area contributed by atoms with Gasteiger partial charge in [0.2, 0.25) is 5.12 Å². The van der Waals surface area contributed by atoms with Crippen molar-refractivity contribution in [3.63, 3.8) is 0 Å². The number of hydrogen-bond acceptors (Lipinski definition) is 5. The average molecular weight is 403 g/mol. The quantitative estimate of drug-likeness (QED) is 0.468. The zero-order chi connectivity index (χ0) is 20.2. The van der Waals surface area contributed by atoms with E-state index < -0.39 is 8.32 Å². The van der Waals surface area contributed by atoms with Crippen molar-refractivity contribution in [2.75, 3.05) is 7.11 Å². The third kappa shape index (κ3) is 5.23. The van der Waals surface area contributed by atoms with E-state index in [1.54, 1.807) is 49.6 Å². The van der Waals surface area contributed by atoms with Crippen LogP contribution < -0.4 is 4.74 Å². The van der Waals surface area contributed by atoms with Gasteiger partial charge in [0.1, 0.15) is 5.75 Å². The molecular formula is C21H26O4SSi. The zero-order valence-electron chi connectivity index (χ0n) is 16.7. The van der Waals surface area contributed by atoms with Crippen LogP contribution in [0.2, 0.25) is 18.1 Å². The number of thioether (sulfide) groups is 1. The molecule has 0 atom stereocenters. The topological polar surface area (TPSA) is 52.6 Å². The number of carbonyl (C=O) groups is 2. The molecule has 0 aliphatic heterocycles. The standard InChI is InChI=1S/C21H26O4SSi/c1-21(2,3)27(5,6)25-19(22)17-9-7-8-10-18(17)26-20(23)15-11-13-16(24-4)14-12-15/h7-14H,1-6H3. The number of carbonyl (C=O) groups excluding carboxylic acids is 2. The summed E-state index contributed by atoms with van der Waals surface area (Å²) < 4.78 is 11.0. The minimum absolute atomic E-state index is 0.0797. The molecule has 6 heteroatoms. The van der Waals surface area contributed by atoms with Gasteiger partial charge in [-0.2, -0.15) is 0 Å². The molecule has 0 radical (unpaired) electrons. The fourth-order valence-electron chi connectivity index (χ4n) is 2.05. The predicted molar refractivity (Wildman–Crippen MR) is 112 cm³/mol. The fourth-order valence-corrected chi connectivity index (χ4v) is 3.79. The summed E-state index contributed by atoms with van der Waals surface area (Å²) in [7, 11) is -0.667. The molecule has 27 heavy (non-hydrogen) atoms. The number of hydrogen-bond donors (Lipinski definition) is 0. The molecule has 0 fully saturated rings. The van der Waals surface area contributed by atoms with Crippen LogP contribution in [0, 0.1) is 0 Å². The maximum atomic E-state index is 12.8. The van der Waals surface area contributed by atoms with Crippen LogP contribution >= 0.6 is 11.8 Å². The van der Waals surface area contributed by atoms with Gasteiger partial charge in [-0.3, -0.25) is 4.79 Å². The molecule has 144 valence electrons.